The van der Waals surface area contributed by atoms with E-state index >= 15 is 0 Å². The SMILES string of the molecule is C[C@@H](Nc1ncc2cc(-c3ccccc3Cl)c(=O)n(C)c2n1)C(C)(C)O. The molecule has 2 aromatic heterocycles. The van der Waals surface area contributed by atoms with Crippen LogP contribution in [0.2, 0.25) is 5.02 Å². The molecule has 0 bridgehead atoms. The van der Waals surface area contributed by atoms with Crippen molar-refractivity contribution in [3.63, 3.8) is 0 Å². The van der Waals surface area contributed by atoms with Crippen LogP contribution in [0.3, 0.4) is 0 Å². The average Bonchev–Trinajstić information content (AvgIpc) is 2.58. The summed E-state index contributed by atoms with van der Waals surface area (Å²) in [6.45, 7) is 5.25. The van der Waals surface area contributed by atoms with E-state index in [1.165, 1.54) is 4.57 Å². The van der Waals surface area contributed by atoms with Crippen LogP contribution in [0.15, 0.2) is 41.3 Å². The minimum Gasteiger partial charge on any atom is -0.388 e. The van der Waals surface area contributed by atoms with Crippen LogP contribution in [0, 0.1) is 0 Å². The molecule has 0 amide bonds. The van der Waals surface area contributed by atoms with E-state index in [1.807, 2.05) is 25.1 Å². The molecule has 0 aliphatic carbocycles. The molecular weight excluding hydrogens is 352 g/mol. The number of nitrogens with one attached hydrogen (secondary N) is 1. The van der Waals surface area contributed by atoms with Crippen molar-refractivity contribution in [3.8, 4) is 11.1 Å². The molecule has 26 heavy (non-hydrogen) atoms. The van der Waals surface area contributed by atoms with Gasteiger partial charge in [-0.1, -0.05) is 29.8 Å². The number of fused-ring (bicyclic) bond motifs is 1. The van der Waals surface area contributed by atoms with Crippen LogP contribution in [0.1, 0.15) is 20.8 Å². The second-order valence-corrected chi connectivity index (χ2v) is 7.30. The first kappa shape index (κ1) is 18.4. The summed E-state index contributed by atoms with van der Waals surface area (Å²) in [6, 6.07) is 8.71. The Hall–Kier alpha value is -2.44. The second-order valence-electron chi connectivity index (χ2n) is 6.89. The molecular formula is C19H21ClN4O2. The lowest BCUT2D eigenvalue weighted by Gasteiger charge is -2.26. The van der Waals surface area contributed by atoms with E-state index in [1.54, 1.807) is 39.2 Å². The largest absolute Gasteiger partial charge is 0.388 e. The summed E-state index contributed by atoms with van der Waals surface area (Å²) in [5.41, 5.74) is 0.560. The normalized spacial score (nSPS) is 13.0. The minimum absolute atomic E-state index is 0.189. The van der Waals surface area contributed by atoms with Gasteiger partial charge in [-0.15, -0.1) is 0 Å². The maximum absolute atomic E-state index is 12.8. The summed E-state index contributed by atoms with van der Waals surface area (Å²) >= 11 is 6.25. The summed E-state index contributed by atoms with van der Waals surface area (Å²) in [6.07, 6.45) is 1.65. The van der Waals surface area contributed by atoms with Gasteiger partial charge < -0.3 is 10.4 Å². The van der Waals surface area contributed by atoms with E-state index in [0.29, 0.717) is 27.7 Å². The predicted molar refractivity (Wildman–Crippen MR) is 105 cm³/mol. The molecule has 136 valence electrons. The first-order valence-electron chi connectivity index (χ1n) is 8.29. The number of nitrogens with zero attached hydrogens (tertiary/aromatic N) is 3. The highest BCUT2D eigenvalue weighted by Gasteiger charge is 2.23. The van der Waals surface area contributed by atoms with Crippen LogP contribution in [-0.4, -0.2) is 31.3 Å². The van der Waals surface area contributed by atoms with E-state index in [4.69, 9.17) is 11.6 Å². The molecule has 2 N–H and O–H groups in total. The van der Waals surface area contributed by atoms with Crippen LogP contribution in [-0.2, 0) is 7.05 Å². The Kier molecular flexibility index (Phi) is 4.73. The highest BCUT2D eigenvalue weighted by molar-refractivity contribution is 6.33. The number of aryl methyl sites for hydroxylation is 1. The number of anilines is 1. The number of hydrogen-bond donors (Lipinski definition) is 2. The number of benzene rings is 1. The van der Waals surface area contributed by atoms with Crippen molar-refractivity contribution < 1.29 is 5.11 Å². The van der Waals surface area contributed by atoms with Crippen molar-refractivity contribution in [2.24, 2.45) is 7.05 Å². The smallest absolute Gasteiger partial charge is 0.259 e. The van der Waals surface area contributed by atoms with Gasteiger partial charge in [-0.25, -0.2) is 4.98 Å². The fraction of sp³-hybridized carbons (Fsp3) is 0.316. The maximum atomic E-state index is 12.8. The van der Waals surface area contributed by atoms with E-state index in [9.17, 15) is 9.90 Å². The molecule has 3 rings (SSSR count). The highest BCUT2D eigenvalue weighted by atomic mass is 35.5. The molecule has 1 atom stereocenters. The van der Waals surface area contributed by atoms with Crippen LogP contribution < -0.4 is 10.9 Å². The fourth-order valence-corrected chi connectivity index (χ4v) is 2.80. The van der Waals surface area contributed by atoms with Crippen LogP contribution in [0.5, 0.6) is 0 Å². The van der Waals surface area contributed by atoms with Gasteiger partial charge in [0.2, 0.25) is 5.95 Å². The molecule has 0 fully saturated rings. The Morgan fingerprint density at radius 2 is 1.96 bits per heavy atom. The Morgan fingerprint density at radius 1 is 1.27 bits per heavy atom. The lowest BCUT2D eigenvalue weighted by Crippen LogP contribution is -2.39. The van der Waals surface area contributed by atoms with E-state index < -0.39 is 5.60 Å². The third kappa shape index (κ3) is 3.43. The number of rotatable bonds is 4. The second kappa shape index (κ2) is 6.70. The van der Waals surface area contributed by atoms with Crippen molar-refractivity contribution >= 4 is 28.6 Å². The van der Waals surface area contributed by atoms with E-state index in [0.717, 1.165) is 5.39 Å². The number of halogens is 1. The average molecular weight is 373 g/mol. The molecule has 0 radical (unpaired) electrons. The quantitative estimate of drug-likeness (QED) is 0.735. The van der Waals surface area contributed by atoms with Crippen molar-refractivity contribution in [1.82, 2.24) is 14.5 Å². The van der Waals surface area contributed by atoms with Gasteiger partial charge in [-0.2, -0.15) is 4.98 Å². The fourth-order valence-electron chi connectivity index (χ4n) is 2.56. The van der Waals surface area contributed by atoms with Crippen molar-refractivity contribution in [3.05, 3.63) is 51.9 Å². The van der Waals surface area contributed by atoms with E-state index in [2.05, 4.69) is 15.3 Å². The molecule has 7 heteroatoms. The zero-order valence-corrected chi connectivity index (χ0v) is 15.9. The molecule has 0 saturated carbocycles. The standard InChI is InChI=1S/C19H21ClN4O2/c1-11(19(2,3)26)22-18-21-10-12-9-14(13-7-5-6-8-15(13)20)17(25)24(4)16(12)23-18/h5-11,26H,1-4H3,(H,21,22,23)/t11-/m1/s1. The molecule has 0 saturated heterocycles. The van der Waals surface area contributed by atoms with Crippen LogP contribution in [0.4, 0.5) is 5.95 Å². The van der Waals surface area contributed by atoms with Crippen molar-refractivity contribution in [2.45, 2.75) is 32.4 Å². The van der Waals surface area contributed by atoms with Crippen LogP contribution in [0.25, 0.3) is 22.2 Å². The number of aromatic nitrogens is 3. The van der Waals surface area contributed by atoms with Gasteiger partial charge in [0, 0.05) is 34.8 Å². The Morgan fingerprint density at radius 3 is 2.62 bits per heavy atom. The first-order valence-corrected chi connectivity index (χ1v) is 8.67. The summed E-state index contributed by atoms with van der Waals surface area (Å²) in [5.74, 6) is 0.354. The lowest BCUT2D eigenvalue weighted by atomic mass is 10.0. The molecule has 0 aliphatic rings. The Labute approximate surface area is 156 Å². The Bertz CT molecular complexity index is 1020. The van der Waals surface area contributed by atoms with Gasteiger partial charge in [-0.05, 0) is 32.9 Å². The third-order valence-electron chi connectivity index (χ3n) is 4.52. The zero-order valence-electron chi connectivity index (χ0n) is 15.1. The van der Waals surface area contributed by atoms with Crippen molar-refractivity contribution in [2.75, 3.05) is 5.32 Å². The predicted octanol–water partition coefficient (Wildman–Crippen LogP) is 3.22. The van der Waals surface area contributed by atoms with Gasteiger partial charge in [0.25, 0.3) is 5.56 Å². The molecule has 0 unspecified atom stereocenters. The van der Waals surface area contributed by atoms with Gasteiger partial charge in [0.05, 0.1) is 11.6 Å². The number of pyridine rings is 1. The summed E-state index contributed by atoms with van der Waals surface area (Å²) in [7, 11) is 1.67. The monoisotopic (exact) mass is 372 g/mol. The molecule has 1 aromatic carbocycles. The van der Waals surface area contributed by atoms with Gasteiger partial charge in [-0.3, -0.25) is 9.36 Å². The van der Waals surface area contributed by atoms with Gasteiger partial charge >= 0.3 is 0 Å². The Balaban J connectivity index is 2.11. The summed E-state index contributed by atoms with van der Waals surface area (Å²) in [5, 5.41) is 14.4. The van der Waals surface area contributed by atoms with Crippen LogP contribution >= 0.6 is 11.6 Å². The third-order valence-corrected chi connectivity index (χ3v) is 4.85. The minimum atomic E-state index is -0.932. The van der Waals surface area contributed by atoms with Gasteiger partial charge in [0.15, 0.2) is 0 Å². The van der Waals surface area contributed by atoms with Gasteiger partial charge in [0.1, 0.15) is 5.65 Å². The first-order chi connectivity index (χ1) is 12.2. The molecule has 0 spiro atoms. The lowest BCUT2D eigenvalue weighted by molar-refractivity contribution is 0.0646. The summed E-state index contributed by atoms with van der Waals surface area (Å²) < 4.78 is 1.48. The number of hydrogen-bond acceptors (Lipinski definition) is 5. The molecule has 3 aromatic rings. The molecule has 0 aliphatic heterocycles. The van der Waals surface area contributed by atoms with Crippen molar-refractivity contribution in [1.29, 1.82) is 0 Å². The zero-order chi connectivity index (χ0) is 19.1. The molecule has 6 nitrogen and oxygen atoms in total. The maximum Gasteiger partial charge on any atom is 0.259 e. The highest BCUT2D eigenvalue weighted by Crippen LogP contribution is 2.27. The number of aliphatic hydroxyl groups is 1. The molecule has 2 heterocycles. The van der Waals surface area contributed by atoms with E-state index in [-0.39, 0.29) is 11.6 Å². The summed E-state index contributed by atoms with van der Waals surface area (Å²) in [4.78, 5) is 21.6. The topological polar surface area (TPSA) is 80.0 Å².